The Labute approximate surface area is 101 Å². The highest BCUT2D eigenvalue weighted by Crippen LogP contribution is 2.30. The van der Waals surface area contributed by atoms with Gasteiger partial charge in [0.1, 0.15) is 5.75 Å². The van der Waals surface area contributed by atoms with Crippen LogP contribution in [-0.2, 0) is 4.79 Å². The van der Waals surface area contributed by atoms with E-state index in [9.17, 15) is 4.79 Å². The SMILES string of the molecule is CC(C(=O)O)C(C)c1cccc(OC2CC2)c1. The predicted octanol–water partition coefficient (Wildman–Crippen LogP) is 3.05. The van der Waals surface area contributed by atoms with E-state index in [4.69, 9.17) is 9.84 Å². The topological polar surface area (TPSA) is 46.5 Å². The van der Waals surface area contributed by atoms with Gasteiger partial charge in [-0.2, -0.15) is 0 Å². The molecule has 0 bridgehead atoms. The van der Waals surface area contributed by atoms with Crippen LogP contribution in [0.5, 0.6) is 5.75 Å². The molecule has 0 heterocycles. The second kappa shape index (κ2) is 4.78. The average molecular weight is 234 g/mol. The highest BCUT2D eigenvalue weighted by atomic mass is 16.5. The molecule has 2 atom stereocenters. The summed E-state index contributed by atoms with van der Waals surface area (Å²) in [5.41, 5.74) is 1.03. The second-order valence-corrected chi connectivity index (χ2v) is 4.81. The third-order valence-electron chi connectivity index (χ3n) is 3.35. The van der Waals surface area contributed by atoms with Gasteiger partial charge in [-0.05, 0) is 36.5 Å². The van der Waals surface area contributed by atoms with E-state index in [1.165, 1.54) is 0 Å². The normalized spacial score (nSPS) is 18.5. The Bertz CT molecular complexity index is 410. The van der Waals surface area contributed by atoms with Gasteiger partial charge in [-0.15, -0.1) is 0 Å². The van der Waals surface area contributed by atoms with E-state index in [1.54, 1.807) is 6.92 Å². The first-order chi connectivity index (χ1) is 8.08. The molecular formula is C14H18O3. The summed E-state index contributed by atoms with van der Waals surface area (Å²) < 4.78 is 5.71. The summed E-state index contributed by atoms with van der Waals surface area (Å²) in [7, 11) is 0. The van der Waals surface area contributed by atoms with Crippen LogP contribution < -0.4 is 4.74 Å². The number of carboxylic acids is 1. The van der Waals surface area contributed by atoms with Crippen LogP contribution >= 0.6 is 0 Å². The zero-order valence-electron chi connectivity index (χ0n) is 10.2. The van der Waals surface area contributed by atoms with Gasteiger partial charge in [0, 0.05) is 0 Å². The predicted molar refractivity (Wildman–Crippen MR) is 65.3 cm³/mol. The van der Waals surface area contributed by atoms with Crippen molar-refractivity contribution in [3.8, 4) is 5.75 Å². The van der Waals surface area contributed by atoms with Gasteiger partial charge in [0.05, 0.1) is 12.0 Å². The minimum atomic E-state index is -0.758. The molecule has 1 aliphatic carbocycles. The summed E-state index contributed by atoms with van der Waals surface area (Å²) in [6.07, 6.45) is 2.63. The summed E-state index contributed by atoms with van der Waals surface area (Å²) in [6, 6.07) is 7.78. The van der Waals surface area contributed by atoms with Crippen LogP contribution in [0.3, 0.4) is 0 Å². The Morgan fingerprint density at radius 2 is 2.12 bits per heavy atom. The van der Waals surface area contributed by atoms with Crippen LogP contribution in [0.4, 0.5) is 0 Å². The first kappa shape index (κ1) is 12.0. The molecule has 2 rings (SSSR count). The lowest BCUT2D eigenvalue weighted by atomic mass is 9.89. The van der Waals surface area contributed by atoms with E-state index in [2.05, 4.69) is 0 Å². The van der Waals surface area contributed by atoms with Crippen LogP contribution in [-0.4, -0.2) is 17.2 Å². The molecule has 92 valence electrons. The van der Waals surface area contributed by atoms with E-state index in [-0.39, 0.29) is 11.8 Å². The molecule has 1 saturated carbocycles. The smallest absolute Gasteiger partial charge is 0.306 e. The summed E-state index contributed by atoms with van der Waals surface area (Å²) in [5.74, 6) is -0.290. The van der Waals surface area contributed by atoms with Crippen LogP contribution in [0.25, 0.3) is 0 Å². The van der Waals surface area contributed by atoms with Gasteiger partial charge < -0.3 is 9.84 Å². The first-order valence-corrected chi connectivity index (χ1v) is 6.07. The van der Waals surface area contributed by atoms with Crippen molar-refractivity contribution in [2.24, 2.45) is 5.92 Å². The van der Waals surface area contributed by atoms with Crippen molar-refractivity contribution in [1.82, 2.24) is 0 Å². The lowest BCUT2D eigenvalue weighted by Gasteiger charge is -2.17. The number of ether oxygens (including phenoxy) is 1. The molecule has 0 aliphatic heterocycles. The fourth-order valence-electron chi connectivity index (χ4n) is 1.75. The number of rotatable bonds is 5. The largest absolute Gasteiger partial charge is 0.490 e. The second-order valence-electron chi connectivity index (χ2n) is 4.81. The Balaban J connectivity index is 2.11. The van der Waals surface area contributed by atoms with Crippen molar-refractivity contribution in [1.29, 1.82) is 0 Å². The first-order valence-electron chi connectivity index (χ1n) is 6.07. The fraction of sp³-hybridized carbons (Fsp3) is 0.500. The summed E-state index contributed by atoms with van der Waals surface area (Å²) in [5, 5.41) is 9.01. The van der Waals surface area contributed by atoms with Gasteiger partial charge in [0.15, 0.2) is 0 Å². The quantitative estimate of drug-likeness (QED) is 0.851. The highest BCUT2D eigenvalue weighted by molar-refractivity contribution is 5.70. The maximum Gasteiger partial charge on any atom is 0.306 e. The highest BCUT2D eigenvalue weighted by Gasteiger charge is 2.24. The molecule has 0 amide bonds. The number of aliphatic carboxylic acids is 1. The molecule has 2 unspecified atom stereocenters. The van der Waals surface area contributed by atoms with Crippen molar-refractivity contribution in [3.63, 3.8) is 0 Å². The van der Waals surface area contributed by atoms with E-state index in [0.717, 1.165) is 24.2 Å². The molecule has 1 fully saturated rings. The maximum absolute atomic E-state index is 11.0. The molecule has 1 N–H and O–H groups in total. The molecule has 0 aromatic heterocycles. The molecule has 1 aliphatic rings. The van der Waals surface area contributed by atoms with E-state index in [0.29, 0.717) is 6.10 Å². The molecule has 1 aromatic carbocycles. The van der Waals surface area contributed by atoms with Gasteiger partial charge in [-0.25, -0.2) is 0 Å². The molecule has 0 spiro atoms. The third-order valence-corrected chi connectivity index (χ3v) is 3.35. The lowest BCUT2D eigenvalue weighted by molar-refractivity contribution is -0.141. The van der Waals surface area contributed by atoms with Crippen LogP contribution in [0.15, 0.2) is 24.3 Å². The van der Waals surface area contributed by atoms with E-state index in [1.807, 2.05) is 31.2 Å². The third kappa shape index (κ3) is 2.99. The Morgan fingerprint density at radius 3 is 2.71 bits per heavy atom. The molecule has 3 nitrogen and oxygen atoms in total. The molecule has 0 radical (unpaired) electrons. The monoisotopic (exact) mass is 234 g/mol. The average Bonchev–Trinajstić information content (AvgIpc) is 3.11. The zero-order valence-corrected chi connectivity index (χ0v) is 10.2. The van der Waals surface area contributed by atoms with Crippen molar-refractivity contribution < 1.29 is 14.6 Å². The van der Waals surface area contributed by atoms with Gasteiger partial charge in [-0.1, -0.05) is 26.0 Å². The minimum absolute atomic E-state index is 0.00440. The van der Waals surface area contributed by atoms with Crippen LogP contribution in [0.2, 0.25) is 0 Å². The van der Waals surface area contributed by atoms with Crippen molar-refractivity contribution in [2.75, 3.05) is 0 Å². The standard InChI is InChI=1S/C14H18O3/c1-9(10(2)14(15)16)11-4-3-5-13(8-11)17-12-6-7-12/h3-5,8-10,12H,6-7H2,1-2H3,(H,15,16). The lowest BCUT2D eigenvalue weighted by Crippen LogP contribution is -2.16. The number of hydrogen-bond donors (Lipinski definition) is 1. The van der Waals surface area contributed by atoms with Gasteiger partial charge in [-0.3, -0.25) is 4.79 Å². The van der Waals surface area contributed by atoms with Gasteiger partial charge in [0.2, 0.25) is 0 Å². The molecule has 1 aromatic rings. The summed E-state index contributed by atoms with van der Waals surface area (Å²) in [6.45, 7) is 3.68. The zero-order chi connectivity index (χ0) is 12.4. The number of carbonyl (C=O) groups is 1. The maximum atomic E-state index is 11.0. The van der Waals surface area contributed by atoms with Crippen molar-refractivity contribution >= 4 is 5.97 Å². The Hall–Kier alpha value is -1.51. The number of benzene rings is 1. The van der Waals surface area contributed by atoms with E-state index >= 15 is 0 Å². The summed E-state index contributed by atoms with van der Waals surface area (Å²) in [4.78, 5) is 11.0. The van der Waals surface area contributed by atoms with Crippen LogP contribution in [0, 0.1) is 5.92 Å². The van der Waals surface area contributed by atoms with Crippen molar-refractivity contribution in [3.05, 3.63) is 29.8 Å². The molecular weight excluding hydrogens is 216 g/mol. The van der Waals surface area contributed by atoms with Crippen molar-refractivity contribution in [2.45, 2.75) is 38.7 Å². The molecule has 17 heavy (non-hydrogen) atoms. The number of carboxylic acid groups (broad SMARTS) is 1. The Kier molecular flexibility index (Phi) is 3.36. The fourth-order valence-corrected chi connectivity index (χ4v) is 1.75. The van der Waals surface area contributed by atoms with Gasteiger partial charge in [0.25, 0.3) is 0 Å². The van der Waals surface area contributed by atoms with Crippen LogP contribution in [0.1, 0.15) is 38.2 Å². The Morgan fingerprint density at radius 1 is 1.41 bits per heavy atom. The number of hydrogen-bond acceptors (Lipinski definition) is 2. The van der Waals surface area contributed by atoms with Gasteiger partial charge >= 0.3 is 5.97 Å². The summed E-state index contributed by atoms with van der Waals surface area (Å²) >= 11 is 0. The van der Waals surface area contributed by atoms with E-state index < -0.39 is 5.97 Å². The minimum Gasteiger partial charge on any atom is -0.490 e. The molecule has 3 heteroatoms. The molecule has 0 saturated heterocycles.